The Bertz CT molecular complexity index is 1040. The summed E-state index contributed by atoms with van der Waals surface area (Å²) in [6, 6.07) is 17.1. The Balaban J connectivity index is 1.69. The number of carbonyl (C=O) groups is 2. The molecule has 0 radical (unpaired) electrons. The smallest absolute Gasteiger partial charge is 0.274 e. The van der Waals surface area contributed by atoms with Gasteiger partial charge in [-0.2, -0.15) is 0 Å². The Kier molecular flexibility index (Phi) is 8.79. The summed E-state index contributed by atoms with van der Waals surface area (Å²) < 4.78 is 5.17. The molecular weight excluding hydrogens is 438 g/mol. The minimum atomic E-state index is -0.291. The molecule has 0 saturated heterocycles. The minimum absolute atomic E-state index is 0.0417. The highest BCUT2D eigenvalue weighted by molar-refractivity contribution is 7.14. The number of likely N-dealkylation sites (N-methyl/N-ethyl adjacent to an activating group) is 1. The van der Waals surface area contributed by atoms with Crippen LogP contribution in [0.3, 0.4) is 0 Å². The van der Waals surface area contributed by atoms with Crippen molar-refractivity contribution in [1.82, 2.24) is 20.1 Å². The quantitative estimate of drug-likeness (QED) is 0.450. The van der Waals surface area contributed by atoms with Gasteiger partial charge in [-0.3, -0.25) is 9.59 Å². The lowest BCUT2D eigenvalue weighted by Gasteiger charge is -2.22. The Morgan fingerprint density at radius 3 is 2.45 bits per heavy atom. The first-order chi connectivity index (χ1) is 15.9. The number of anilines is 2. The summed E-state index contributed by atoms with van der Waals surface area (Å²) in [6.45, 7) is 1.52. The number of nitrogens with one attached hydrogen (secondary N) is 2. The Labute approximate surface area is 198 Å². The van der Waals surface area contributed by atoms with Crippen molar-refractivity contribution in [2.45, 2.75) is 6.54 Å². The number of methoxy groups -OCH3 is 1. The highest BCUT2D eigenvalue weighted by Crippen LogP contribution is 2.23. The standard InChI is InChI=1S/C24H29N5O3S/c1-28(2)14-13-25-22(30)16-29(15-18-7-5-4-6-8-18)23(31)21-17-33-24(27-21)26-19-9-11-20(32-3)12-10-19/h4-12,17H,13-16H2,1-3H3,(H,25,30)(H,26,27). The first-order valence-electron chi connectivity index (χ1n) is 10.6. The number of hydrogen-bond donors (Lipinski definition) is 2. The van der Waals surface area contributed by atoms with E-state index in [9.17, 15) is 9.59 Å². The molecule has 2 aromatic carbocycles. The summed E-state index contributed by atoms with van der Waals surface area (Å²) in [4.78, 5) is 33.7. The van der Waals surface area contributed by atoms with Crippen molar-refractivity contribution in [3.05, 3.63) is 71.2 Å². The molecule has 1 heterocycles. The highest BCUT2D eigenvalue weighted by atomic mass is 32.1. The van der Waals surface area contributed by atoms with Gasteiger partial charge < -0.3 is 25.2 Å². The molecule has 174 valence electrons. The molecule has 33 heavy (non-hydrogen) atoms. The number of hydrogen-bond acceptors (Lipinski definition) is 7. The van der Waals surface area contributed by atoms with Gasteiger partial charge in [0.25, 0.3) is 5.91 Å². The molecular formula is C24H29N5O3S. The zero-order chi connectivity index (χ0) is 23.6. The monoisotopic (exact) mass is 467 g/mol. The fraction of sp³-hybridized carbons (Fsp3) is 0.292. The van der Waals surface area contributed by atoms with Crippen molar-refractivity contribution in [2.75, 3.05) is 46.2 Å². The number of ether oxygens (including phenoxy) is 1. The van der Waals surface area contributed by atoms with Gasteiger partial charge in [0.1, 0.15) is 18.0 Å². The van der Waals surface area contributed by atoms with Gasteiger partial charge in [-0.15, -0.1) is 11.3 Å². The molecule has 8 nitrogen and oxygen atoms in total. The number of carbonyl (C=O) groups excluding carboxylic acids is 2. The predicted octanol–water partition coefficient (Wildman–Crippen LogP) is 3.22. The van der Waals surface area contributed by atoms with E-state index < -0.39 is 0 Å². The van der Waals surface area contributed by atoms with Gasteiger partial charge >= 0.3 is 0 Å². The zero-order valence-electron chi connectivity index (χ0n) is 19.1. The summed E-state index contributed by atoms with van der Waals surface area (Å²) >= 11 is 1.34. The van der Waals surface area contributed by atoms with E-state index in [2.05, 4.69) is 15.6 Å². The van der Waals surface area contributed by atoms with Crippen LogP contribution in [0.4, 0.5) is 10.8 Å². The van der Waals surface area contributed by atoms with Crippen LogP contribution in [-0.2, 0) is 11.3 Å². The summed E-state index contributed by atoms with van der Waals surface area (Å²) in [5.74, 6) is 0.268. The maximum absolute atomic E-state index is 13.3. The van der Waals surface area contributed by atoms with Gasteiger partial charge in [-0.05, 0) is 43.9 Å². The molecule has 3 rings (SSSR count). The van der Waals surface area contributed by atoms with E-state index in [4.69, 9.17) is 4.74 Å². The lowest BCUT2D eigenvalue weighted by Crippen LogP contribution is -2.42. The Morgan fingerprint density at radius 2 is 1.79 bits per heavy atom. The van der Waals surface area contributed by atoms with Crippen LogP contribution in [0, 0.1) is 0 Å². The minimum Gasteiger partial charge on any atom is -0.497 e. The lowest BCUT2D eigenvalue weighted by atomic mass is 10.2. The number of thiazole rings is 1. The second-order valence-corrected chi connectivity index (χ2v) is 8.55. The normalized spacial score (nSPS) is 10.7. The molecule has 0 aliphatic carbocycles. The second kappa shape index (κ2) is 12.0. The number of benzene rings is 2. The van der Waals surface area contributed by atoms with Crippen LogP contribution in [-0.4, -0.2) is 67.4 Å². The second-order valence-electron chi connectivity index (χ2n) is 7.69. The third-order valence-electron chi connectivity index (χ3n) is 4.78. The van der Waals surface area contributed by atoms with Gasteiger partial charge in [0.15, 0.2) is 5.13 Å². The summed E-state index contributed by atoms with van der Waals surface area (Å²) in [5.41, 5.74) is 2.08. The van der Waals surface area contributed by atoms with E-state index in [0.717, 1.165) is 23.5 Å². The summed E-state index contributed by atoms with van der Waals surface area (Å²) in [5, 5.41) is 8.36. The van der Waals surface area contributed by atoms with Crippen LogP contribution >= 0.6 is 11.3 Å². The summed E-state index contributed by atoms with van der Waals surface area (Å²) in [6.07, 6.45) is 0. The van der Waals surface area contributed by atoms with Gasteiger partial charge in [0.2, 0.25) is 5.91 Å². The maximum Gasteiger partial charge on any atom is 0.274 e. The molecule has 0 aliphatic rings. The van der Waals surface area contributed by atoms with Crippen molar-refractivity contribution in [1.29, 1.82) is 0 Å². The highest BCUT2D eigenvalue weighted by Gasteiger charge is 2.22. The van der Waals surface area contributed by atoms with Crippen LogP contribution in [0.2, 0.25) is 0 Å². The number of nitrogens with zero attached hydrogens (tertiary/aromatic N) is 3. The predicted molar refractivity (Wildman–Crippen MR) is 131 cm³/mol. The lowest BCUT2D eigenvalue weighted by molar-refractivity contribution is -0.121. The number of rotatable bonds is 11. The average Bonchev–Trinajstić information content (AvgIpc) is 3.27. The van der Waals surface area contributed by atoms with E-state index in [1.165, 1.54) is 16.2 Å². The first-order valence-corrected chi connectivity index (χ1v) is 11.4. The molecule has 0 aliphatic heterocycles. The molecule has 0 unspecified atom stereocenters. The zero-order valence-corrected chi connectivity index (χ0v) is 19.9. The molecule has 0 fully saturated rings. The average molecular weight is 468 g/mol. The van der Waals surface area contributed by atoms with Crippen LogP contribution in [0.1, 0.15) is 16.1 Å². The molecule has 0 spiro atoms. The van der Waals surface area contributed by atoms with Crippen LogP contribution < -0.4 is 15.4 Å². The van der Waals surface area contributed by atoms with Crippen molar-refractivity contribution in [3.8, 4) is 5.75 Å². The largest absolute Gasteiger partial charge is 0.497 e. The fourth-order valence-electron chi connectivity index (χ4n) is 3.04. The molecule has 0 saturated carbocycles. The maximum atomic E-state index is 13.3. The number of aromatic nitrogens is 1. The Morgan fingerprint density at radius 1 is 1.06 bits per heavy atom. The molecule has 3 aromatic rings. The Hall–Kier alpha value is -3.43. The molecule has 1 aromatic heterocycles. The van der Waals surface area contributed by atoms with Crippen molar-refractivity contribution >= 4 is 34.0 Å². The van der Waals surface area contributed by atoms with E-state index in [-0.39, 0.29) is 18.4 Å². The van der Waals surface area contributed by atoms with Crippen molar-refractivity contribution in [2.24, 2.45) is 0 Å². The SMILES string of the molecule is COc1ccc(Nc2nc(C(=O)N(CC(=O)NCCN(C)C)Cc3ccccc3)cs2)cc1. The third kappa shape index (κ3) is 7.58. The fourth-order valence-corrected chi connectivity index (χ4v) is 3.75. The third-order valence-corrected chi connectivity index (χ3v) is 5.54. The summed E-state index contributed by atoms with van der Waals surface area (Å²) in [7, 11) is 5.50. The van der Waals surface area contributed by atoms with Gasteiger partial charge in [-0.1, -0.05) is 30.3 Å². The van der Waals surface area contributed by atoms with E-state index >= 15 is 0 Å². The molecule has 0 atom stereocenters. The molecule has 0 bridgehead atoms. The van der Waals surface area contributed by atoms with E-state index in [1.54, 1.807) is 12.5 Å². The molecule has 2 N–H and O–H groups in total. The van der Waals surface area contributed by atoms with Gasteiger partial charge in [-0.25, -0.2) is 4.98 Å². The number of amides is 2. The van der Waals surface area contributed by atoms with Crippen molar-refractivity contribution in [3.63, 3.8) is 0 Å². The van der Waals surface area contributed by atoms with Crippen LogP contribution in [0.5, 0.6) is 5.75 Å². The van der Waals surface area contributed by atoms with E-state index in [1.807, 2.05) is 73.6 Å². The van der Waals surface area contributed by atoms with Crippen LogP contribution in [0.15, 0.2) is 60.0 Å². The van der Waals surface area contributed by atoms with Gasteiger partial charge in [0.05, 0.1) is 7.11 Å². The van der Waals surface area contributed by atoms with E-state index in [0.29, 0.717) is 23.9 Å². The molecule has 2 amide bonds. The molecule has 9 heteroatoms. The topological polar surface area (TPSA) is 86.8 Å². The first kappa shape index (κ1) is 24.2. The van der Waals surface area contributed by atoms with Gasteiger partial charge in [0, 0.05) is 30.7 Å². The van der Waals surface area contributed by atoms with Crippen LogP contribution in [0.25, 0.3) is 0 Å². The van der Waals surface area contributed by atoms with Crippen molar-refractivity contribution < 1.29 is 14.3 Å².